The lowest BCUT2D eigenvalue weighted by molar-refractivity contribution is -0.0249. The molecule has 174 valence electrons. The Kier molecular flexibility index (Phi) is 5.86. The first-order chi connectivity index (χ1) is 15.5. The number of aromatic nitrogens is 3. The molecule has 33 heavy (non-hydrogen) atoms. The van der Waals surface area contributed by atoms with Crippen LogP contribution in [0.25, 0.3) is 21.9 Å². The van der Waals surface area contributed by atoms with Crippen molar-refractivity contribution in [2.75, 3.05) is 0 Å². The number of benzene rings is 1. The smallest absolute Gasteiger partial charge is 0.331 e. The average molecular weight is 447 g/mol. The van der Waals surface area contributed by atoms with Crippen molar-refractivity contribution in [1.29, 1.82) is 0 Å². The van der Waals surface area contributed by atoms with Gasteiger partial charge in [0.05, 0.1) is 6.57 Å². The summed E-state index contributed by atoms with van der Waals surface area (Å²) in [6.45, 7) is 22.6. The maximum Gasteiger partial charge on any atom is 0.331 e. The zero-order chi connectivity index (χ0) is 24.1. The molecule has 1 saturated carbocycles. The van der Waals surface area contributed by atoms with Gasteiger partial charge in [-0.05, 0) is 48.5 Å². The van der Waals surface area contributed by atoms with Crippen LogP contribution in [0.3, 0.4) is 0 Å². The monoisotopic (exact) mass is 446 g/mol. The van der Waals surface area contributed by atoms with Crippen LogP contribution in [-0.2, 0) is 10.2 Å². The molecule has 2 aromatic heterocycles. The molecule has 1 aliphatic rings. The molecule has 0 spiro atoms. The average Bonchev–Trinajstić information content (AvgIpc) is 3.28. The second-order valence-electron chi connectivity index (χ2n) is 10.9. The molecule has 2 atom stereocenters. The molecule has 2 unspecified atom stereocenters. The number of nitrogens with one attached hydrogen (secondary N) is 1. The Morgan fingerprint density at radius 3 is 2.30 bits per heavy atom. The second kappa shape index (κ2) is 8.37. The third-order valence-corrected chi connectivity index (χ3v) is 7.04. The number of aromatic amines is 1. The summed E-state index contributed by atoms with van der Waals surface area (Å²) in [5.41, 5.74) is 3.91. The zero-order valence-electron chi connectivity index (χ0n) is 20.7. The van der Waals surface area contributed by atoms with Gasteiger partial charge in [0, 0.05) is 11.3 Å². The van der Waals surface area contributed by atoms with Gasteiger partial charge in [0.2, 0.25) is 5.69 Å². The number of hydrogen-bond acceptors (Lipinski definition) is 3. The van der Waals surface area contributed by atoms with Crippen molar-refractivity contribution in [3.63, 3.8) is 0 Å². The molecule has 0 saturated heterocycles. The van der Waals surface area contributed by atoms with Gasteiger partial charge in [-0.3, -0.25) is 9.61 Å². The van der Waals surface area contributed by atoms with E-state index in [4.69, 9.17) is 16.3 Å². The van der Waals surface area contributed by atoms with Crippen LogP contribution in [0, 0.1) is 31.2 Å². The summed E-state index contributed by atoms with van der Waals surface area (Å²) in [5, 5.41) is 3.27. The molecule has 0 aliphatic heterocycles. The van der Waals surface area contributed by atoms with E-state index in [0.717, 1.165) is 18.4 Å². The molecule has 0 amide bonds. The molecule has 3 aromatic rings. The number of nitrogens with zero attached hydrogens (tertiary/aromatic N) is 3. The summed E-state index contributed by atoms with van der Waals surface area (Å²) in [6.07, 6.45) is 1.93. The van der Waals surface area contributed by atoms with Crippen LogP contribution < -0.4 is 0 Å². The topological polar surface area (TPSA) is 63.8 Å². The summed E-state index contributed by atoms with van der Waals surface area (Å²) in [4.78, 5) is 21.7. The van der Waals surface area contributed by atoms with Gasteiger partial charge < -0.3 is 4.74 Å². The van der Waals surface area contributed by atoms with Crippen LogP contribution >= 0.6 is 0 Å². The lowest BCUT2D eigenvalue weighted by Gasteiger charge is -2.37. The minimum absolute atomic E-state index is 0.0674. The van der Waals surface area contributed by atoms with E-state index in [2.05, 4.69) is 63.6 Å². The van der Waals surface area contributed by atoms with E-state index in [-0.39, 0.29) is 17.1 Å². The van der Waals surface area contributed by atoms with Gasteiger partial charge in [-0.1, -0.05) is 65.8 Å². The number of carbonyl (C=O) groups is 1. The maximum atomic E-state index is 13.4. The number of fused-ring (bicyclic) bond motifs is 1. The highest BCUT2D eigenvalue weighted by Gasteiger charge is 2.36. The van der Waals surface area contributed by atoms with Crippen molar-refractivity contribution >= 4 is 17.3 Å². The summed E-state index contributed by atoms with van der Waals surface area (Å²) < 4.78 is 7.76. The molecule has 0 radical (unpaired) electrons. The largest absolute Gasteiger partial charge is 0.459 e. The standard InChI is InChI=1S/C27H34N4O2/c1-15-13-16(2)23(17(3)14-15)33-26(32)21-22(28-8)18(4)31-25(21)29-24(30-31)19-9-11-20(12-10-19)27(5,6)7/h9-12,15-17,23H,13-14H2,1-7H3,(H,29,30). The van der Waals surface area contributed by atoms with Crippen molar-refractivity contribution < 1.29 is 9.53 Å². The van der Waals surface area contributed by atoms with Crippen molar-refractivity contribution in [1.82, 2.24) is 14.6 Å². The molecule has 0 bridgehead atoms. The Bertz CT molecular complexity index is 1210. The van der Waals surface area contributed by atoms with Crippen molar-refractivity contribution in [2.45, 2.75) is 72.8 Å². The van der Waals surface area contributed by atoms with E-state index in [9.17, 15) is 4.79 Å². The second-order valence-corrected chi connectivity index (χ2v) is 10.9. The fraction of sp³-hybridized carbons (Fsp3) is 0.519. The van der Waals surface area contributed by atoms with Crippen molar-refractivity contribution in [3.05, 3.63) is 52.5 Å². The quantitative estimate of drug-likeness (QED) is 0.359. The first kappa shape index (κ1) is 23.1. The van der Waals surface area contributed by atoms with Crippen LogP contribution in [0.4, 0.5) is 5.69 Å². The van der Waals surface area contributed by atoms with Crippen LogP contribution in [0.15, 0.2) is 24.3 Å². The van der Waals surface area contributed by atoms with Crippen molar-refractivity contribution in [2.24, 2.45) is 17.8 Å². The van der Waals surface area contributed by atoms with Crippen LogP contribution in [-0.4, -0.2) is 26.7 Å². The van der Waals surface area contributed by atoms with Gasteiger partial charge in [0.15, 0.2) is 11.5 Å². The van der Waals surface area contributed by atoms with Gasteiger partial charge in [-0.15, -0.1) is 0 Å². The first-order valence-corrected chi connectivity index (χ1v) is 11.8. The summed E-state index contributed by atoms with van der Waals surface area (Å²) in [6, 6.07) is 8.28. The predicted molar refractivity (Wildman–Crippen MR) is 131 cm³/mol. The third kappa shape index (κ3) is 4.17. The Balaban J connectivity index is 1.70. The maximum absolute atomic E-state index is 13.4. The minimum Gasteiger partial charge on any atom is -0.459 e. The number of aryl methyl sites for hydroxylation is 1. The fourth-order valence-electron chi connectivity index (χ4n) is 5.33. The molecule has 2 heterocycles. The summed E-state index contributed by atoms with van der Waals surface area (Å²) in [7, 11) is 0. The predicted octanol–water partition coefficient (Wildman–Crippen LogP) is 6.71. The minimum atomic E-state index is -0.453. The summed E-state index contributed by atoms with van der Waals surface area (Å²) in [5.74, 6) is 1.42. The van der Waals surface area contributed by atoms with Crippen LogP contribution in [0.2, 0.25) is 0 Å². The number of ether oxygens (including phenoxy) is 1. The molecule has 6 heteroatoms. The first-order valence-electron chi connectivity index (χ1n) is 11.8. The molecule has 1 aliphatic carbocycles. The van der Waals surface area contributed by atoms with E-state index in [1.807, 2.05) is 19.1 Å². The van der Waals surface area contributed by atoms with E-state index in [1.165, 1.54) is 5.56 Å². The summed E-state index contributed by atoms with van der Waals surface area (Å²) >= 11 is 0. The molecule has 6 nitrogen and oxygen atoms in total. The van der Waals surface area contributed by atoms with Gasteiger partial charge in [-0.2, -0.15) is 0 Å². The number of rotatable bonds is 3. The van der Waals surface area contributed by atoms with Gasteiger partial charge in [0.25, 0.3) is 0 Å². The molecule has 1 aromatic carbocycles. The third-order valence-electron chi connectivity index (χ3n) is 7.04. The molecule has 4 rings (SSSR count). The lowest BCUT2D eigenvalue weighted by atomic mass is 9.75. The highest BCUT2D eigenvalue weighted by atomic mass is 16.5. The van der Waals surface area contributed by atoms with Gasteiger partial charge in [0.1, 0.15) is 11.7 Å². The number of carbonyl (C=O) groups excluding carboxylic acids is 1. The van der Waals surface area contributed by atoms with Crippen LogP contribution in [0.1, 0.15) is 76.0 Å². The lowest BCUT2D eigenvalue weighted by Crippen LogP contribution is -2.37. The SMILES string of the molecule is [C-]#[N+]c1c(C(=O)OC2C(C)CC(C)CC2C)c2nc(-c3ccc(C(C)(C)C)cc3)[nH]n2c1C. The fourth-order valence-corrected chi connectivity index (χ4v) is 5.33. The molecular weight excluding hydrogens is 412 g/mol. The normalized spacial score (nSPS) is 23.5. The Labute approximate surface area is 196 Å². The Hall–Kier alpha value is -3.07. The Morgan fingerprint density at radius 2 is 1.76 bits per heavy atom. The molecular formula is C27H34N4O2. The molecule has 1 fully saturated rings. The van der Waals surface area contributed by atoms with E-state index in [0.29, 0.717) is 40.6 Å². The number of hydrogen-bond donors (Lipinski definition) is 1. The highest BCUT2D eigenvalue weighted by Crippen LogP contribution is 2.38. The Morgan fingerprint density at radius 1 is 1.15 bits per heavy atom. The van der Waals surface area contributed by atoms with E-state index in [1.54, 1.807) is 4.52 Å². The van der Waals surface area contributed by atoms with E-state index < -0.39 is 5.97 Å². The highest BCUT2D eigenvalue weighted by molar-refractivity contribution is 6.04. The molecule has 1 N–H and O–H groups in total. The number of H-pyrrole nitrogens is 1. The van der Waals surface area contributed by atoms with Crippen molar-refractivity contribution in [3.8, 4) is 11.4 Å². The number of esters is 1. The van der Waals surface area contributed by atoms with Gasteiger partial charge in [-0.25, -0.2) is 14.6 Å². The van der Waals surface area contributed by atoms with Crippen LogP contribution in [0.5, 0.6) is 0 Å². The zero-order valence-corrected chi connectivity index (χ0v) is 20.7. The van der Waals surface area contributed by atoms with Gasteiger partial charge >= 0.3 is 5.97 Å². The van der Waals surface area contributed by atoms with E-state index >= 15 is 0 Å².